The second-order valence-corrected chi connectivity index (χ2v) is 5.18. The van der Waals surface area contributed by atoms with E-state index in [1.54, 1.807) is 11.0 Å². The maximum atomic E-state index is 13.2. The van der Waals surface area contributed by atoms with E-state index in [-0.39, 0.29) is 18.3 Å². The molecule has 0 aliphatic carbocycles. The van der Waals surface area contributed by atoms with Crippen molar-refractivity contribution in [2.45, 2.75) is 39.0 Å². The first kappa shape index (κ1) is 15.0. The number of fused-ring (bicyclic) bond motifs is 1. The molecule has 0 spiro atoms. The largest absolute Gasteiger partial charge is 0.372 e. The van der Waals surface area contributed by atoms with Gasteiger partial charge in [0.1, 0.15) is 12.4 Å². The summed E-state index contributed by atoms with van der Waals surface area (Å²) in [6.45, 7) is 3.56. The van der Waals surface area contributed by atoms with Gasteiger partial charge in [-0.25, -0.2) is 4.39 Å². The molecule has 0 fully saturated rings. The number of amides is 1. The van der Waals surface area contributed by atoms with E-state index in [1.807, 2.05) is 0 Å². The monoisotopic (exact) mass is 279 g/mol. The number of nitrogens with zero attached hydrogens (tertiary/aromatic N) is 1. The Balaban J connectivity index is 1.91. The van der Waals surface area contributed by atoms with Gasteiger partial charge in [0.15, 0.2) is 0 Å². The fraction of sp³-hybridized carbons (Fsp3) is 0.562. The maximum Gasteiger partial charge on any atom is 0.252 e. The van der Waals surface area contributed by atoms with Crippen molar-refractivity contribution in [1.82, 2.24) is 0 Å². The summed E-state index contributed by atoms with van der Waals surface area (Å²) < 4.78 is 18.6. The first-order chi connectivity index (χ1) is 9.72. The smallest absolute Gasteiger partial charge is 0.252 e. The summed E-state index contributed by atoms with van der Waals surface area (Å²) in [4.78, 5) is 13.9. The zero-order valence-corrected chi connectivity index (χ0v) is 12.0. The summed E-state index contributed by atoms with van der Waals surface area (Å²) in [5.74, 6) is -0.275. The molecule has 1 heterocycles. The number of hydrogen-bond acceptors (Lipinski definition) is 2. The summed E-state index contributed by atoms with van der Waals surface area (Å²) in [5.41, 5.74) is 1.75. The number of carbonyl (C=O) groups is 1. The van der Waals surface area contributed by atoms with Crippen molar-refractivity contribution in [2.24, 2.45) is 0 Å². The molecule has 1 aliphatic rings. The number of unbranched alkanes of at least 4 members (excludes halogenated alkanes) is 2. The first-order valence-corrected chi connectivity index (χ1v) is 7.39. The SMILES string of the molecule is CCCCCOCC(=O)N1CCCc2cc(F)ccc21. The van der Waals surface area contributed by atoms with Crippen LogP contribution in [0.1, 0.15) is 38.2 Å². The number of aryl methyl sites for hydroxylation is 1. The van der Waals surface area contributed by atoms with Crippen LogP contribution in [0.25, 0.3) is 0 Å². The summed E-state index contributed by atoms with van der Waals surface area (Å²) in [7, 11) is 0. The summed E-state index contributed by atoms with van der Waals surface area (Å²) in [5, 5.41) is 0. The Morgan fingerprint density at radius 2 is 2.25 bits per heavy atom. The minimum absolute atomic E-state index is 0.0333. The lowest BCUT2D eigenvalue weighted by Crippen LogP contribution is -2.38. The average molecular weight is 279 g/mol. The molecular formula is C16H22FNO2. The number of benzene rings is 1. The number of carbonyl (C=O) groups excluding carboxylic acids is 1. The highest BCUT2D eigenvalue weighted by Crippen LogP contribution is 2.27. The lowest BCUT2D eigenvalue weighted by Gasteiger charge is -2.29. The second-order valence-electron chi connectivity index (χ2n) is 5.18. The van der Waals surface area contributed by atoms with Gasteiger partial charge in [0.25, 0.3) is 5.91 Å². The Morgan fingerprint density at radius 3 is 3.05 bits per heavy atom. The molecule has 0 N–H and O–H groups in total. The first-order valence-electron chi connectivity index (χ1n) is 7.39. The van der Waals surface area contributed by atoms with Gasteiger partial charge < -0.3 is 9.64 Å². The zero-order chi connectivity index (χ0) is 14.4. The molecule has 0 saturated heterocycles. The van der Waals surface area contributed by atoms with Gasteiger partial charge in [-0.2, -0.15) is 0 Å². The maximum absolute atomic E-state index is 13.2. The topological polar surface area (TPSA) is 29.5 Å². The molecule has 0 aromatic heterocycles. The van der Waals surface area contributed by atoms with E-state index in [0.717, 1.165) is 43.4 Å². The van der Waals surface area contributed by atoms with Gasteiger partial charge in [-0.15, -0.1) is 0 Å². The van der Waals surface area contributed by atoms with E-state index < -0.39 is 0 Å². The molecule has 1 amide bonds. The van der Waals surface area contributed by atoms with Gasteiger partial charge in [-0.1, -0.05) is 19.8 Å². The highest BCUT2D eigenvalue weighted by molar-refractivity contribution is 5.95. The molecule has 0 radical (unpaired) electrons. The van der Waals surface area contributed by atoms with Crippen LogP contribution in [-0.4, -0.2) is 25.7 Å². The van der Waals surface area contributed by atoms with Crippen molar-refractivity contribution in [3.05, 3.63) is 29.6 Å². The number of halogens is 1. The Kier molecular flexibility index (Phi) is 5.53. The number of hydrogen-bond donors (Lipinski definition) is 0. The van der Waals surface area contributed by atoms with Gasteiger partial charge in [0.2, 0.25) is 0 Å². The fourth-order valence-electron chi connectivity index (χ4n) is 2.52. The van der Waals surface area contributed by atoms with E-state index in [1.165, 1.54) is 12.1 Å². The van der Waals surface area contributed by atoms with Crippen LogP contribution in [0.15, 0.2) is 18.2 Å². The molecule has 1 aliphatic heterocycles. The van der Waals surface area contributed by atoms with Crippen molar-refractivity contribution in [2.75, 3.05) is 24.7 Å². The molecule has 1 aromatic rings. The Bertz CT molecular complexity index is 462. The number of rotatable bonds is 6. The molecule has 2 rings (SSSR count). The predicted octanol–water partition coefficient (Wildman–Crippen LogP) is 3.31. The van der Waals surface area contributed by atoms with E-state index >= 15 is 0 Å². The molecular weight excluding hydrogens is 257 g/mol. The molecule has 20 heavy (non-hydrogen) atoms. The molecule has 0 unspecified atom stereocenters. The number of ether oxygens (including phenoxy) is 1. The van der Waals surface area contributed by atoms with Crippen LogP contribution in [0.2, 0.25) is 0 Å². The Labute approximate surface area is 119 Å². The molecule has 4 heteroatoms. The van der Waals surface area contributed by atoms with Crippen molar-refractivity contribution >= 4 is 11.6 Å². The summed E-state index contributed by atoms with van der Waals surface area (Å²) >= 11 is 0. The van der Waals surface area contributed by atoms with Gasteiger partial charge >= 0.3 is 0 Å². The van der Waals surface area contributed by atoms with Crippen LogP contribution in [0.4, 0.5) is 10.1 Å². The van der Waals surface area contributed by atoms with E-state index in [4.69, 9.17) is 4.74 Å². The summed E-state index contributed by atoms with van der Waals surface area (Å²) in [6, 6.07) is 4.63. The van der Waals surface area contributed by atoms with Crippen molar-refractivity contribution in [3.63, 3.8) is 0 Å². The molecule has 3 nitrogen and oxygen atoms in total. The molecule has 0 atom stereocenters. The van der Waals surface area contributed by atoms with E-state index in [2.05, 4.69) is 6.92 Å². The normalized spacial score (nSPS) is 14.2. The third kappa shape index (κ3) is 3.79. The van der Waals surface area contributed by atoms with Crippen molar-refractivity contribution in [1.29, 1.82) is 0 Å². The predicted molar refractivity (Wildman–Crippen MR) is 77.4 cm³/mol. The van der Waals surface area contributed by atoms with Gasteiger partial charge in [-0.3, -0.25) is 4.79 Å². The minimum Gasteiger partial charge on any atom is -0.372 e. The van der Waals surface area contributed by atoms with E-state index in [0.29, 0.717) is 13.2 Å². The lowest BCUT2D eigenvalue weighted by atomic mass is 10.0. The quantitative estimate of drug-likeness (QED) is 0.748. The summed E-state index contributed by atoms with van der Waals surface area (Å²) in [6.07, 6.45) is 4.96. The Hall–Kier alpha value is -1.42. The van der Waals surface area contributed by atoms with E-state index in [9.17, 15) is 9.18 Å². The third-order valence-electron chi connectivity index (χ3n) is 3.58. The van der Waals surface area contributed by atoms with Gasteiger partial charge in [-0.05, 0) is 43.0 Å². The van der Waals surface area contributed by atoms with Crippen molar-refractivity contribution in [3.8, 4) is 0 Å². The van der Waals surface area contributed by atoms with Gasteiger partial charge in [0.05, 0.1) is 0 Å². The zero-order valence-electron chi connectivity index (χ0n) is 12.0. The van der Waals surface area contributed by atoms with Crippen LogP contribution in [0.5, 0.6) is 0 Å². The number of anilines is 1. The highest BCUT2D eigenvalue weighted by atomic mass is 19.1. The molecule has 0 bridgehead atoms. The Morgan fingerprint density at radius 1 is 1.40 bits per heavy atom. The lowest BCUT2D eigenvalue weighted by molar-refractivity contribution is -0.123. The van der Waals surface area contributed by atoms with Crippen molar-refractivity contribution < 1.29 is 13.9 Å². The molecule has 0 saturated carbocycles. The standard InChI is InChI=1S/C16H22FNO2/c1-2-3-4-10-20-12-16(19)18-9-5-6-13-11-14(17)7-8-15(13)18/h7-8,11H,2-6,9-10,12H2,1H3. The van der Waals surface area contributed by atoms with Gasteiger partial charge in [0, 0.05) is 18.8 Å². The van der Waals surface area contributed by atoms with Crippen LogP contribution in [-0.2, 0) is 16.0 Å². The fourth-order valence-corrected chi connectivity index (χ4v) is 2.52. The van der Waals surface area contributed by atoms with Crippen LogP contribution < -0.4 is 4.90 Å². The molecule has 1 aromatic carbocycles. The average Bonchev–Trinajstić information content (AvgIpc) is 2.46. The molecule has 110 valence electrons. The third-order valence-corrected chi connectivity index (χ3v) is 3.58. The van der Waals surface area contributed by atoms with Crippen LogP contribution >= 0.6 is 0 Å². The second kappa shape index (κ2) is 7.39. The minimum atomic E-state index is -0.242. The van der Waals surface area contributed by atoms with Crippen LogP contribution in [0.3, 0.4) is 0 Å². The van der Waals surface area contributed by atoms with Crippen LogP contribution in [0, 0.1) is 5.82 Å². The highest BCUT2D eigenvalue weighted by Gasteiger charge is 2.22.